The zero-order valence-electron chi connectivity index (χ0n) is 14.0. The molecule has 5 nitrogen and oxygen atoms in total. The summed E-state index contributed by atoms with van der Waals surface area (Å²) in [4.78, 5) is 7.07. The Bertz CT molecular complexity index is 790. The highest BCUT2D eigenvalue weighted by molar-refractivity contribution is 7.09. The number of aromatic nitrogens is 3. The van der Waals surface area contributed by atoms with Crippen molar-refractivity contribution in [1.82, 2.24) is 20.5 Å². The number of anilines is 1. The van der Waals surface area contributed by atoms with Gasteiger partial charge >= 0.3 is 0 Å². The predicted molar refractivity (Wildman–Crippen MR) is 102 cm³/mol. The van der Waals surface area contributed by atoms with Gasteiger partial charge < -0.3 is 10.2 Å². The van der Waals surface area contributed by atoms with Crippen LogP contribution < -0.4 is 10.2 Å². The minimum absolute atomic E-state index is 0.458. The van der Waals surface area contributed by atoms with Crippen LogP contribution in [0, 0.1) is 0 Å². The normalized spacial score (nSPS) is 17.6. The van der Waals surface area contributed by atoms with Crippen molar-refractivity contribution in [3.8, 4) is 11.3 Å². The summed E-state index contributed by atoms with van der Waals surface area (Å²) in [6.07, 6.45) is 4.07. The highest BCUT2D eigenvalue weighted by atomic mass is 32.1. The molecule has 0 aliphatic carbocycles. The molecule has 3 heterocycles. The Hall–Kier alpha value is -2.31. The summed E-state index contributed by atoms with van der Waals surface area (Å²) < 4.78 is 0. The van der Waals surface area contributed by atoms with Crippen LogP contribution in [-0.4, -0.2) is 34.3 Å². The zero-order valence-corrected chi connectivity index (χ0v) is 14.8. The molecule has 1 saturated heterocycles. The second kappa shape index (κ2) is 7.72. The number of nitrogens with one attached hydrogen (secondary N) is 1. The van der Waals surface area contributed by atoms with Crippen LogP contribution in [0.5, 0.6) is 0 Å². The topological polar surface area (TPSA) is 53.9 Å². The lowest BCUT2D eigenvalue weighted by molar-refractivity contribution is 0.419. The Morgan fingerprint density at radius 3 is 2.92 bits per heavy atom. The van der Waals surface area contributed by atoms with Crippen molar-refractivity contribution in [2.75, 3.05) is 18.0 Å². The fraction of sp³-hybridized carbons (Fsp3) is 0.316. The number of benzene rings is 1. The van der Waals surface area contributed by atoms with Gasteiger partial charge in [0.15, 0.2) is 5.82 Å². The molecule has 1 aliphatic heterocycles. The molecular weight excluding hydrogens is 330 g/mol. The predicted octanol–water partition coefficient (Wildman–Crippen LogP) is 3.36. The smallest absolute Gasteiger partial charge is 0.151 e. The van der Waals surface area contributed by atoms with Crippen LogP contribution in [0.4, 0.5) is 5.82 Å². The van der Waals surface area contributed by atoms with Gasteiger partial charge in [-0.2, -0.15) is 5.10 Å². The molecule has 1 aliphatic rings. The number of thiazole rings is 1. The molecule has 0 amide bonds. The van der Waals surface area contributed by atoms with Gasteiger partial charge in [-0.1, -0.05) is 30.3 Å². The van der Waals surface area contributed by atoms with Crippen molar-refractivity contribution >= 4 is 17.2 Å². The highest BCUT2D eigenvalue weighted by Crippen LogP contribution is 2.22. The molecule has 3 aromatic rings. The summed E-state index contributed by atoms with van der Waals surface area (Å²) >= 11 is 1.72. The van der Waals surface area contributed by atoms with Crippen LogP contribution in [0.2, 0.25) is 0 Å². The molecule has 25 heavy (non-hydrogen) atoms. The largest absolute Gasteiger partial charge is 0.354 e. The number of piperidine rings is 1. The van der Waals surface area contributed by atoms with E-state index in [9.17, 15) is 0 Å². The monoisotopic (exact) mass is 351 g/mol. The molecule has 1 aromatic carbocycles. The zero-order chi connectivity index (χ0) is 16.9. The van der Waals surface area contributed by atoms with Crippen LogP contribution in [-0.2, 0) is 6.54 Å². The van der Waals surface area contributed by atoms with E-state index in [4.69, 9.17) is 4.98 Å². The molecule has 0 radical (unpaired) electrons. The Morgan fingerprint density at radius 2 is 2.08 bits per heavy atom. The summed E-state index contributed by atoms with van der Waals surface area (Å²) in [5.74, 6) is 0.967. The second-order valence-corrected chi connectivity index (χ2v) is 7.18. The molecule has 1 fully saturated rings. The third-order valence-corrected chi connectivity index (χ3v) is 5.32. The molecule has 0 bridgehead atoms. The van der Waals surface area contributed by atoms with Crippen molar-refractivity contribution < 1.29 is 0 Å². The van der Waals surface area contributed by atoms with Gasteiger partial charge in [-0.25, -0.2) is 4.98 Å². The summed E-state index contributed by atoms with van der Waals surface area (Å²) in [7, 11) is 0. The average Bonchev–Trinajstić information content (AvgIpc) is 3.17. The lowest BCUT2D eigenvalue weighted by atomic mass is 10.1. The van der Waals surface area contributed by atoms with E-state index < -0.39 is 0 Å². The SMILES string of the molecule is c1ccc(-c2csc(CNC3CCCN(c4cccnn4)C3)n2)cc1. The van der Waals surface area contributed by atoms with Gasteiger partial charge in [-0.05, 0) is 25.0 Å². The van der Waals surface area contributed by atoms with Crippen molar-refractivity contribution in [2.24, 2.45) is 0 Å². The van der Waals surface area contributed by atoms with Crippen molar-refractivity contribution in [2.45, 2.75) is 25.4 Å². The number of hydrogen-bond acceptors (Lipinski definition) is 6. The van der Waals surface area contributed by atoms with E-state index in [0.29, 0.717) is 6.04 Å². The minimum Gasteiger partial charge on any atom is -0.354 e. The molecule has 4 rings (SSSR count). The first-order chi connectivity index (χ1) is 12.4. The first-order valence-corrected chi connectivity index (χ1v) is 9.52. The van der Waals surface area contributed by atoms with E-state index in [1.54, 1.807) is 17.5 Å². The molecule has 1 N–H and O–H groups in total. The molecule has 1 unspecified atom stereocenters. The standard InChI is InChI=1S/C19H21N5S/c1-2-6-15(7-3-1)17-14-25-19(22-17)12-20-16-8-5-11-24(13-16)18-9-4-10-21-23-18/h1-4,6-7,9-10,14,16,20H,5,8,11-13H2. The summed E-state index contributed by atoms with van der Waals surface area (Å²) in [5.41, 5.74) is 2.24. The maximum atomic E-state index is 4.76. The van der Waals surface area contributed by atoms with E-state index in [-0.39, 0.29) is 0 Å². The molecule has 0 saturated carbocycles. The van der Waals surface area contributed by atoms with Gasteiger partial charge in [-0.3, -0.25) is 0 Å². The fourth-order valence-electron chi connectivity index (χ4n) is 3.18. The molecule has 0 spiro atoms. The average molecular weight is 351 g/mol. The van der Waals surface area contributed by atoms with Gasteiger partial charge in [0, 0.05) is 42.8 Å². The fourth-order valence-corrected chi connectivity index (χ4v) is 3.93. The van der Waals surface area contributed by atoms with Crippen molar-refractivity contribution in [3.05, 3.63) is 59.0 Å². The molecule has 1 atom stereocenters. The van der Waals surface area contributed by atoms with Crippen LogP contribution in [0.15, 0.2) is 54.0 Å². The van der Waals surface area contributed by atoms with E-state index >= 15 is 0 Å². The van der Waals surface area contributed by atoms with Crippen LogP contribution in [0.25, 0.3) is 11.3 Å². The maximum absolute atomic E-state index is 4.76. The highest BCUT2D eigenvalue weighted by Gasteiger charge is 2.21. The van der Waals surface area contributed by atoms with E-state index in [1.165, 1.54) is 18.4 Å². The van der Waals surface area contributed by atoms with Crippen LogP contribution >= 0.6 is 11.3 Å². The summed E-state index contributed by atoms with van der Waals surface area (Å²) in [6, 6.07) is 14.8. The number of nitrogens with zero attached hydrogens (tertiary/aromatic N) is 4. The van der Waals surface area contributed by atoms with Crippen molar-refractivity contribution in [3.63, 3.8) is 0 Å². The van der Waals surface area contributed by atoms with E-state index in [0.717, 1.165) is 36.2 Å². The Kier molecular flexibility index (Phi) is 4.99. The molecule has 2 aromatic heterocycles. The molecular formula is C19H21N5S. The first-order valence-electron chi connectivity index (χ1n) is 8.64. The molecule has 128 valence electrons. The number of hydrogen-bond donors (Lipinski definition) is 1. The third-order valence-electron chi connectivity index (χ3n) is 4.47. The lowest BCUT2D eigenvalue weighted by Gasteiger charge is -2.33. The minimum atomic E-state index is 0.458. The van der Waals surface area contributed by atoms with Crippen LogP contribution in [0.1, 0.15) is 17.8 Å². The van der Waals surface area contributed by atoms with Gasteiger partial charge in [0.25, 0.3) is 0 Å². The lowest BCUT2D eigenvalue weighted by Crippen LogP contribution is -2.45. The third kappa shape index (κ3) is 4.03. The molecule has 6 heteroatoms. The van der Waals surface area contributed by atoms with Crippen molar-refractivity contribution in [1.29, 1.82) is 0 Å². The Labute approximate surface area is 151 Å². The second-order valence-electron chi connectivity index (χ2n) is 6.24. The number of rotatable bonds is 5. The summed E-state index contributed by atoms with van der Waals surface area (Å²) in [6.45, 7) is 2.83. The van der Waals surface area contributed by atoms with Gasteiger partial charge in [0.05, 0.1) is 5.69 Å². The van der Waals surface area contributed by atoms with Gasteiger partial charge in [-0.15, -0.1) is 16.4 Å². The van der Waals surface area contributed by atoms with E-state index in [1.807, 2.05) is 18.2 Å². The van der Waals surface area contributed by atoms with Gasteiger partial charge in [0.1, 0.15) is 5.01 Å². The maximum Gasteiger partial charge on any atom is 0.151 e. The Morgan fingerprint density at radius 1 is 1.16 bits per heavy atom. The quantitative estimate of drug-likeness (QED) is 0.764. The van der Waals surface area contributed by atoms with Gasteiger partial charge in [0.2, 0.25) is 0 Å². The Balaban J connectivity index is 1.35. The van der Waals surface area contributed by atoms with E-state index in [2.05, 4.69) is 50.1 Å². The van der Waals surface area contributed by atoms with Crippen LogP contribution in [0.3, 0.4) is 0 Å². The summed E-state index contributed by atoms with van der Waals surface area (Å²) in [5, 5.41) is 15.2. The first kappa shape index (κ1) is 16.2.